The number of hydrogen-bond acceptors (Lipinski definition) is 10. The Morgan fingerprint density at radius 1 is 0.761 bits per heavy atom. The molecule has 2 aliphatic rings. The van der Waals surface area contributed by atoms with Crippen molar-refractivity contribution in [3.63, 3.8) is 0 Å². The highest BCUT2D eigenvalue weighted by Gasteiger charge is 2.50. The second kappa shape index (κ2) is 24.6. The van der Waals surface area contributed by atoms with E-state index in [1.54, 1.807) is 25.1 Å². The van der Waals surface area contributed by atoms with Gasteiger partial charge in [-0.05, 0) is 67.7 Å². The molecular formula is C52H68N5O10+. The van der Waals surface area contributed by atoms with Gasteiger partial charge in [0.25, 0.3) is 5.91 Å². The van der Waals surface area contributed by atoms with E-state index in [1.165, 1.54) is 6.92 Å². The Balaban J connectivity index is 1.37. The van der Waals surface area contributed by atoms with Gasteiger partial charge in [-0.25, -0.2) is 0 Å². The predicted octanol–water partition coefficient (Wildman–Crippen LogP) is 4.24. The minimum atomic E-state index is -1.09. The molecule has 15 heteroatoms. The summed E-state index contributed by atoms with van der Waals surface area (Å²) in [4.78, 5) is 82.6. The Morgan fingerprint density at radius 2 is 1.33 bits per heavy atom. The molecule has 360 valence electrons. The van der Waals surface area contributed by atoms with Crippen LogP contribution in [0.1, 0.15) is 77.5 Å². The summed E-state index contributed by atoms with van der Waals surface area (Å²) >= 11 is 0. The number of nitrogens with one attached hydrogen (secondary N) is 4. The summed E-state index contributed by atoms with van der Waals surface area (Å²) in [6.07, 6.45) is 6.96. The Bertz CT molecular complexity index is 2200. The smallest absolute Gasteiger partial charge is 0.308 e. The summed E-state index contributed by atoms with van der Waals surface area (Å²) in [5.41, 5.74) is 1.53. The number of terminal acetylenes is 1. The van der Waals surface area contributed by atoms with Crippen LogP contribution in [-0.2, 0) is 57.6 Å². The van der Waals surface area contributed by atoms with Gasteiger partial charge in [0.2, 0.25) is 17.7 Å². The number of aryl methyl sites for hydroxylation is 1. The number of ketones is 1. The summed E-state index contributed by atoms with van der Waals surface area (Å²) in [5, 5.41) is 11.8. The number of hydrogen-bond donors (Lipinski definition) is 4. The highest BCUT2D eigenvalue weighted by atomic mass is 16.6. The lowest BCUT2D eigenvalue weighted by molar-refractivity contribution is -0.940. The van der Waals surface area contributed by atoms with Crippen LogP contribution >= 0.6 is 0 Å². The SMILES string of the molecule is C#CCOc1cc(OC(C)=O)ccc1C[N+]1(CC(=O)N[C@@H](CCc2ccccc2)C(=O)N[C@@H](CC(C)C)C(=O)N[C@@H](Cc2ccccc2)C(=O)N[C@@H](CC(C)C)C(=O)[C@@]2(C)CO2)CCOCC1. The molecule has 2 fully saturated rings. The highest BCUT2D eigenvalue weighted by Crippen LogP contribution is 2.31. The number of benzene rings is 3. The number of quaternary nitrogens is 1. The van der Waals surface area contributed by atoms with E-state index in [0.29, 0.717) is 57.2 Å². The fourth-order valence-corrected chi connectivity index (χ4v) is 8.28. The van der Waals surface area contributed by atoms with Crippen molar-refractivity contribution >= 4 is 35.4 Å². The van der Waals surface area contributed by atoms with E-state index in [4.69, 9.17) is 25.4 Å². The average molecular weight is 923 g/mol. The molecule has 0 radical (unpaired) electrons. The van der Waals surface area contributed by atoms with Gasteiger partial charge in [0.1, 0.15) is 61.5 Å². The van der Waals surface area contributed by atoms with Gasteiger partial charge >= 0.3 is 5.97 Å². The van der Waals surface area contributed by atoms with Crippen molar-refractivity contribution in [2.24, 2.45) is 11.8 Å². The van der Waals surface area contributed by atoms with E-state index in [1.807, 2.05) is 88.4 Å². The maximum absolute atomic E-state index is 14.5. The van der Waals surface area contributed by atoms with Crippen LogP contribution < -0.4 is 30.7 Å². The molecule has 2 heterocycles. The van der Waals surface area contributed by atoms with E-state index in [9.17, 15) is 28.8 Å². The van der Waals surface area contributed by atoms with E-state index < -0.39 is 53.5 Å². The van der Waals surface area contributed by atoms with Crippen LogP contribution in [0, 0.1) is 24.2 Å². The van der Waals surface area contributed by atoms with E-state index >= 15 is 0 Å². The van der Waals surface area contributed by atoms with Gasteiger partial charge in [0, 0.05) is 25.0 Å². The number of rotatable bonds is 25. The standard InChI is InChI=1S/C52H67N5O10/c1-8-25-65-46-31-41(67-37(6)58)21-20-40(46)32-57(23-26-64-27-24-57)33-47(59)53-42(22-19-38-15-11-9-12-16-38)49(61)55-44(29-36(4)5)50(62)56-45(30-39-17-13-10-14-18-39)51(63)54-43(28-35(2)3)48(60)52(7)34-66-52/h1,9-18,20-21,31,35-36,42-45H,19,22-30,32-34H2,2-7H3,(H3-,53,54,55,56,59,61,62,63)/p+1/t42-,43-,44-,45-,52+/m0/s1. The van der Waals surface area contributed by atoms with Crippen LogP contribution in [0.3, 0.4) is 0 Å². The normalized spacial score (nSPS) is 18.0. The molecule has 67 heavy (non-hydrogen) atoms. The van der Waals surface area contributed by atoms with Crippen molar-refractivity contribution in [2.75, 3.05) is 46.1 Å². The summed E-state index contributed by atoms with van der Waals surface area (Å²) in [5.74, 6) is 0.482. The number of amides is 4. The first-order valence-corrected chi connectivity index (χ1v) is 23.2. The molecule has 0 aromatic heterocycles. The molecule has 2 aliphatic heterocycles. The van der Waals surface area contributed by atoms with Crippen molar-refractivity contribution < 1.29 is 52.2 Å². The summed E-state index contributed by atoms with van der Waals surface area (Å²) < 4.78 is 22.6. The van der Waals surface area contributed by atoms with Crippen molar-refractivity contribution in [3.8, 4) is 23.8 Å². The molecule has 0 spiro atoms. The quantitative estimate of drug-likeness (QED) is 0.0315. The second-order valence-electron chi connectivity index (χ2n) is 18.7. The van der Waals surface area contributed by atoms with Crippen molar-refractivity contribution in [2.45, 2.75) is 110 Å². The average Bonchev–Trinajstić information content (AvgIpc) is 4.05. The summed E-state index contributed by atoms with van der Waals surface area (Å²) in [6, 6.07) is 19.9. The minimum Gasteiger partial charge on any atom is -0.480 e. The largest absolute Gasteiger partial charge is 0.480 e. The maximum atomic E-state index is 14.5. The third-order valence-corrected chi connectivity index (χ3v) is 11.9. The zero-order valence-electron chi connectivity index (χ0n) is 39.8. The number of morpholine rings is 1. The third kappa shape index (κ3) is 16.3. The lowest BCUT2D eigenvalue weighted by Gasteiger charge is -2.41. The number of Topliss-reactive ketones (excluding diaryl/α,β-unsaturated/α-hetero) is 1. The van der Waals surface area contributed by atoms with E-state index in [2.05, 4.69) is 27.2 Å². The number of nitrogens with zero attached hydrogens (tertiary/aromatic N) is 1. The van der Waals surface area contributed by atoms with Crippen molar-refractivity contribution in [3.05, 3.63) is 95.6 Å². The summed E-state index contributed by atoms with van der Waals surface area (Å²) in [6.45, 7) is 13.2. The van der Waals surface area contributed by atoms with Gasteiger partial charge in [-0.15, -0.1) is 6.42 Å². The molecule has 4 N–H and O–H groups in total. The lowest BCUT2D eigenvalue weighted by Crippen LogP contribution is -2.61. The number of epoxide rings is 1. The molecule has 5 atom stereocenters. The maximum Gasteiger partial charge on any atom is 0.308 e. The first-order chi connectivity index (χ1) is 32.0. The lowest BCUT2D eigenvalue weighted by atomic mass is 9.93. The zero-order chi connectivity index (χ0) is 48.6. The van der Waals surface area contributed by atoms with E-state index in [-0.39, 0.29) is 67.0 Å². The first kappa shape index (κ1) is 51.9. The Kier molecular flexibility index (Phi) is 19.1. The first-order valence-electron chi connectivity index (χ1n) is 23.2. The van der Waals surface area contributed by atoms with Gasteiger partial charge in [-0.1, -0.05) is 94.3 Å². The van der Waals surface area contributed by atoms with Gasteiger partial charge in [-0.3, -0.25) is 28.8 Å². The number of ether oxygens (including phenoxy) is 4. The fourth-order valence-electron chi connectivity index (χ4n) is 8.28. The number of esters is 1. The van der Waals surface area contributed by atoms with E-state index in [0.717, 1.165) is 16.7 Å². The van der Waals surface area contributed by atoms with Crippen LogP contribution in [0.15, 0.2) is 78.9 Å². The van der Waals surface area contributed by atoms with Crippen LogP contribution in [0.4, 0.5) is 0 Å². The Labute approximate surface area is 395 Å². The molecule has 0 saturated carbocycles. The van der Waals surface area contributed by atoms with Crippen LogP contribution in [0.5, 0.6) is 11.5 Å². The van der Waals surface area contributed by atoms with Gasteiger partial charge in [0.05, 0.1) is 25.9 Å². The van der Waals surface area contributed by atoms with Crippen LogP contribution in [0.2, 0.25) is 0 Å². The van der Waals surface area contributed by atoms with Gasteiger partial charge in [-0.2, -0.15) is 0 Å². The highest BCUT2D eigenvalue weighted by molar-refractivity contribution is 5.98. The Morgan fingerprint density at radius 3 is 1.93 bits per heavy atom. The Hall–Kier alpha value is -6.08. The second-order valence-corrected chi connectivity index (χ2v) is 18.7. The molecule has 2 saturated heterocycles. The zero-order valence-corrected chi connectivity index (χ0v) is 39.8. The molecule has 0 unspecified atom stereocenters. The molecule has 4 amide bonds. The molecular weight excluding hydrogens is 855 g/mol. The topological polar surface area (TPSA) is 191 Å². The van der Waals surface area contributed by atoms with Crippen molar-refractivity contribution in [1.82, 2.24) is 21.3 Å². The molecule has 5 rings (SSSR count). The molecule has 3 aromatic carbocycles. The number of carbonyl (C=O) groups excluding carboxylic acids is 6. The number of carbonyl (C=O) groups is 6. The monoisotopic (exact) mass is 922 g/mol. The minimum absolute atomic E-state index is 0.00345. The van der Waals surface area contributed by atoms with Gasteiger partial charge < -0.3 is 44.7 Å². The van der Waals surface area contributed by atoms with Gasteiger partial charge in [0.15, 0.2) is 12.3 Å². The molecule has 3 aromatic rings. The van der Waals surface area contributed by atoms with Crippen LogP contribution in [0.25, 0.3) is 0 Å². The van der Waals surface area contributed by atoms with Crippen LogP contribution in [-0.4, -0.2) is 116 Å². The van der Waals surface area contributed by atoms with Crippen molar-refractivity contribution in [1.29, 1.82) is 0 Å². The fraction of sp³-hybridized carbons (Fsp3) is 0.500. The molecule has 0 aliphatic carbocycles. The molecule has 0 bridgehead atoms. The predicted molar refractivity (Wildman–Crippen MR) is 252 cm³/mol. The third-order valence-electron chi connectivity index (χ3n) is 11.9. The summed E-state index contributed by atoms with van der Waals surface area (Å²) in [7, 11) is 0. The molecule has 15 nitrogen and oxygen atoms in total.